The molecule has 1 atom stereocenters. The van der Waals surface area contributed by atoms with E-state index in [1.807, 2.05) is 12.1 Å². The zero-order chi connectivity index (χ0) is 23.6. The smallest absolute Gasteiger partial charge is 0.383 e. The van der Waals surface area contributed by atoms with Gasteiger partial charge in [-0.3, -0.25) is 9.32 Å². The molecule has 3 rings (SSSR count). The molecule has 0 bridgehead atoms. The van der Waals surface area contributed by atoms with Crippen molar-refractivity contribution in [2.75, 3.05) is 11.1 Å². The lowest BCUT2D eigenvalue weighted by Crippen LogP contribution is -2.34. The molecule has 10 nitrogen and oxygen atoms in total. The Morgan fingerprint density at radius 2 is 2.00 bits per heavy atom. The highest BCUT2D eigenvalue weighted by Gasteiger charge is 2.32. The monoisotopic (exact) mass is 490 g/mol. The summed E-state index contributed by atoms with van der Waals surface area (Å²) in [6.45, 7) is 1.60. The van der Waals surface area contributed by atoms with Crippen LogP contribution in [-0.4, -0.2) is 21.4 Å². The number of hydrogen-bond donors (Lipinski definition) is 3. The van der Waals surface area contributed by atoms with Crippen LogP contribution in [0.25, 0.3) is 11.3 Å². The number of H-pyrrole nitrogens is 1. The summed E-state index contributed by atoms with van der Waals surface area (Å²) in [5.41, 5.74) is 5.22. The normalized spacial score (nSPS) is 11.4. The number of nitrogens with two attached hydrogens (primary N) is 1. The van der Waals surface area contributed by atoms with Gasteiger partial charge in [0.15, 0.2) is 7.05 Å². The number of carbonyl (C=O) groups excluding carboxylic acids is 1. The summed E-state index contributed by atoms with van der Waals surface area (Å²) in [5.74, 6) is -0.600. The molecule has 0 aliphatic carbocycles. The molecule has 0 spiro atoms. The summed E-state index contributed by atoms with van der Waals surface area (Å²) in [6.07, 6.45) is 0. The molecule has 0 fully saturated rings. The van der Waals surface area contributed by atoms with Crippen molar-refractivity contribution in [2.24, 2.45) is 7.05 Å². The van der Waals surface area contributed by atoms with Crippen LogP contribution in [0.15, 0.2) is 32.5 Å². The van der Waals surface area contributed by atoms with Gasteiger partial charge in [-0.15, -0.1) is 0 Å². The fraction of sp³-hybridized carbons (Fsp3) is 0.158. The second-order valence-corrected chi connectivity index (χ2v) is 8.56. The number of hydrogen-bond acceptors (Lipinski definition) is 8. The number of aromatic nitrogens is 3. The second-order valence-electron chi connectivity index (χ2n) is 6.42. The van der Waals surface area contributed by atoms with Crippen LogP contribution in [0.4, 0.5) is 11.5 Å². The fourth-order valence-electron chi connectivity index (χ4n) is 2.77. The third-order valence-electron chi connectivity index (χ3n) is 4.30. The molecular formula is C19H14Cl2N7O3S+. The maximum absolute atomic E-state index is 12.7. The van der Waals surface area contributed by atoms with Crippen molar-refractivity contribution in [2.45, 2.75) is 17.2 Å². The highest BCUT2D eigenvalue weighted by Crippen LogP contribution is 2.35. The second kappa shape index (κ2) is 9.32. The van der Waals surface area contributed by atoms with E-state index in [9.17, 15) is 20.1 Å². The van der Waals surface area contributed by atoms with E-state index in [2.05, 4.69) is 15.6 Å². The Morgan fingerprint density at radius 1 is 1.31 bits per heavy atom. The number of amides is 1. The van der Waals surface area contributed by atoms with Crippen molar-refractivity contribution < 1.29 is 14.0 Å². The molecule has 0 aliphatic rings. The number of benzene rings is 1. The predicted octanol–water partition coefficient (Wildman–Crippen LogP) is 2.61. The number of aryl methyl sites for hydroxylation is 1. The summed E-state index contributed by atoms with van der Waals surface area (Å²) >= 11 is 12.8. The van der Waals surface area contributed by atoms with Crippen LogP contribution in [0.1, 0.15) is 18.1 Å². The lowest BCUT2D eigenvalue weighted by molar-refractivity contribution is -0.730. The van der Waals surface area contributed by atoms with Gasteiger partial charge in [0.1, 0.15) is 34.1 Å². The lowest BCUT2D eigenvalue weighted by Gasteiger charge is -2.14. The van der Waals surface area contributed by atoms with E-state index in [4.69, 9.17) is 33.5 Å². The first kappa shape index (κ1) is 23.2. The number of nitriles is 2. The summed E-state index contributed by atoms with van der Waals surface area (Å²) in [5, 5.41) is 24.3. The van der Waals surface area contributed by atoms with Crippen LogP contribution in [0.2, 0.25) is 10.0 Å². The molecule has 13 heteroatoms. The molecule has 4 N–H and O–H groups in total. The molecule has 32 heavy (non-hydrogen) atoms. The van der Waals surface area contributed by atoms with Gasteiger partial charge >= 0.3 is 11.3 Å². The molecular weight excluding hydrogens is 477 g/mol. The number of anilines is 2. The lowest BCUT2D eigenvalue weighted by atomic mass is 10.0. The molecule has 0 saturated heterocycles. The van der Waals surface area contributed by atoms with Gasteiger partial charge in [0, 0.05) is 5.69 Å². The number of halogens is 2. The molecule has 2 aromatic heterocycles. The van der Waals surface area contributed by atoms with Gasteiger partial charge in [0.05, 0.1) is 20.9 Å². The number of thioether (sulfide) groups is 1. The van der Waals surface area contributed by atoms with Crippen LogP contribution in [0.5, 0.6) is 0 Å². The minimum Gasteiger partial charge on any atom is -0.383 e. The van der Waals surface area contributed by atoms with Gasteiger partial charge in [-0.25, -0.2) is 9.78 Å². The molecule has 1 amide bonds. The Bertz CT molecular complexity index is 1370. The Hall–Kier alpha value is -3.51. The topological polar surface area (TPSA) is 165 Å². The van der Waals surface area contributed by atoms with E-state index >= 15 is 0 Å². The van der Waals surface area contributed by atoms with Crippen molar-refractivity contribution in [3.63, 3.8) is 0 Å². The molecule has 0 saturated carbocycles. The maximum Gasteiger partial charge on any atom is 0.435 e. The van der Waals surface area contributed by atoms with E-state index < -0.39 is 16.8 Å². The van der Waals surface area contributed by atoms with Crippen molar-refractivity contribution >= 4 is 52.4 Å². The van der Waals surface area contributed by atoms with Gasteiger partial charge in [-0.2, -0.15) is 10.5 Å². The number of nitrogens with one attached hydrogen (secondary N) is 2. The zero-order valence-electron chi connectivity index (χ0n) is 16.6. The highest BCUT2D eigenvalue weighted by atomic mass is 35.5. The molecule has 2 heterocycles. The summed E-state index contributed by atoms with van der Waals surface area (Å²) in [6, 6.07) is 8.46. The van der Waals surface area contributed by atoms with Crippen LogP contribution < -0.4 is 21.4 Å². The van der Waals surface area contributed by atoms with E-state index in [0.717, 1.165) is 11.8 Å². The van der Waals surface area contributed by atoms with Gasteiger partial charge in [-0.05, 0) is 30.4 Å². The maximum atomic E-state index is 12.7. The number of rotatable bonds is 5. The van der Waals surface area contributed by atoms with Gasteiger partial charge in [0.2, 0.25) is 5.91 Å². The third kappa shape index (κ3) is 4.41. The van der Waals surface area contributed by atoms with E-state index in [1.54, 1.807) is 19.1 Å². The van der Waals surface area contributed by atoms with Crippen molar-refractivity contribution in [1.82, 2.24) is 10.3 Å². The van der Waals surface area contributed by atoms with Gasteiger partial charge in [0.25, 0.3) is 0 Å². The molecule has 162 valence electrons. The SMILES string of the molecule is CC(Sc1nc(N)c(C#N)c(-c2c(=O)o[nH][n+]2C)c1C#N)C(=O)Nc1ccc(Cl)c(Cl)c1. The number of nitrogens with zero attached hydrogens (tertiary/aromatic N) is 4. The molecule has 1 unspecified atom stereocenters. The van der Waals surface area contributed by atoms with E-state index in [-0.39, 0.29) is 38.3 Å². The van der Waals surface area contributed by atoms with Gasteiger partial charge in [-0.1, -0.05) is 39.6 Å². The van der Waals surface area contributed by atoms with Crippen molar-refractivity contribution in [1.29, 1.82) is 10.5 Å². The fourth-order valence-corrected chi connectivity index (χ4v) is 3.99. The molecule has 1 aromatic carbocycles. The molecule has 0 aliphatic heterocycles. The first-order chi connectivity index (χ1) is 15.2. The number of carbonyl (C=O) groups is 1. The zero-order valence-corrected chi connectivity index (χ0v) is 18.9. The van der Waals surface area contributed by atoms with E-state index in [0.29, 0.717) is 10.7 Å². The first-order valence-corrected chi connectivity index (χ1v) is 10.5. The largest absolute Gasteiger partial charge is 0.435 e. The Balaban J connectivity index is 2.00. The minimum atomic E-state index is -0.799. The molecule has 0 radical (unpaired) electrons. The summed E-state index contributed by atoms with van der Waals surface area (Å²) in [7, 11) is 1.47. The van der Waals surface area contributed by atoms with Crippen molar-refractivity contribution in [3.05, 3.63) is 49.8 Å². The highest BCUT2D eigenvalue weighted by molar-refractivity contribution is 8.00. The predicted molar refractivity (Wildman–Crippen MR) is 118 cm³/mol. The Kier molecular flexibility index (Phi) is 6.75. The average Bonchev–Trinajstić information content (AvgIpc) is 3.08. The third-order valence-corrected chi connectivity index (χ3v) is 6.13. The van der Waals surface area contributed by atoms with Crippen LogP contribution >= 0.6 is 35.0 Å². The molecule has 3 aromatic rings. The Labute approximate surface area is 195 Å². The summed E-state index contributed by atoms with van der Waals surface area (Å²) in [4.78, 5) is 29.0. The number of aromatic amines is 1. The van der Waals surface area contributed by atoms with E-state index in [1.165, 1.54) is 17.8 Å². The summed E-state index contributed by atoms with van der Waals surface area (Å²) < 4.78 is 5.96. The van der Waals surface area contributed by atoms with Crippen LogP contribution in [-0.2, 0) is 11.8 Å². The average molecular weight is 491 g/mol. The van der Waals surface area contributed by atoms with Gasteiger partial charge < -0.3 is 11.1 Å². The Morgan fingerprint density at radius 3 is 2.56 bits per heavy atom. The van der Waals surface area contributed by atoms with Crippen LogP contribution in [0, 0.1) is 22.7 Å². The minimum absolute atomic E-state index is 0.0282. The quantitative estimate of drug-likeness (QED) is 0.362. The van der Waals surface area contributed by atoms with Crippen LogP contribution in [0.3, 0.4) is 0 Å². The standard InChI is InChI=1S/C19H13Cl2N7O3S/c1-8(17(29)25-9-3-4-12(20)13(21)5-9)32-18-11(7-23)14(10(6-22)16(24)26-18)15-19(30)31-27-28(15)2/h3-5,8H,1-2H3,(H3-,24,25,26,27,29,30)/p+1. The van der Waals surface area contributed by atoms with Crippen molar-refractivity contribution in [3.8, 4) is 23.4 Å². The first-order valence-electron chi connectivity index (χ1n) is 8.82. The number of nitrogen functional groups attached to an aromatic ring is 1. The number of pyridine rings is 1.